The largest absolute Gasteiger partial charge is 0.494 e. The number of anilines is 2. The van der Waals surface area contributed by atoms with E-state index in [4.69, 9.17) is 26.2 Å². The maximum Gasteiger partial charge on any atom is 0.290 e. The van der Waals surface area contributed by atoms with E-state index in [-0.39, 0.29) is 34.6 Å². The van der Waals surface area contributed by atoms with Crippen molar-refractivity contribution in [2.24, 2.45) is 0 Å². The molecule has 0 aliphatic carbocycles. The van der Waals surface area contributed by atoms with E-state index in [0.29, 0.717) is 67.6 Å². The summed E-state index contributed by atoms with van der Waals surface area (Å²) in [6.45, 7) is 1.67. The summed E-state index contributed by atoms with van der Waals surface area (Å²) in [4.78, 5) is 46.4. The molecule has 0 radical (unpaired) electrons. The number of hydrogen-bond acceptors (Lipinski definition) is 9. The molecule has 13 nitrogen and oxygen atoms in total. The number of carboxylic acid groups (broad SMARTS) is 1. The lowest BCUT2D eigenvalue weighted by Gasteiger charge is -2.36. The van der Waals surface area contributed by atoms with Gasteiger partial charge in [0, 0.05) is 56.4 Å². The molecule has 2 aliphatic heterocycles. The first-order valence-electron chi connectivity index (χ1n) is 14.1. The lowest BCUT2D eigenvalue weighted by Crippen LogP contribution is -2.54. The number of hydrogen-bond donors (Lipinski definition) is 4. The number of benzene rings is 2. The van der Waals surface area contributed by atoms with Crippen LogP contribution in [0.2, 0.25) is 5.02 Å². The van der Waals surface area contributed by atoms with Gasteiger partial charge in [-0.05, 0) is 36.8 Å². The molecule has 0 unspecified atom stereocenters. The van der Waals surface area contributed by atoms with E-state index in [9.17, 15) is 23.5 Å². The lowest BCUT2D eigenvalue weighted by molar-refractivity contribution is -0.134. The number of piperazine rings is 1. The molecule has 2 aromatic heterocycles. The summed E-state index contributed by atoms with van der Waals surface area (Å²) < 4.78 is 35.6. The van der Waals surface area contributed by atoms with E-state index in [1.165, 1.54) is 31.6 Å². The van der Waals surface area contributed by atoms with Gasteiger partial charge >= 0.3 is 0 Å². The van der Waals surface area contributed by atoms with Crippen LogP contribution in [-0.4, -0.2) is 105 Å². The summed E-state index contributed by atoms with van der Waals surface area (Å²) in [6, 6.07) is 7.26. The zero-order chi connectivity index (χ0) is 33.0. The Bertz CT molecular complexity index is 1770. The Labute approximate surface area is 266 Å². The predicted molar refractivity (Wildman–Crippen MR) is 163 cm³/mol. The number of rotatable bonds is 6. The number of aliphatic hydroxyl groups excluding tert-OH is 1. The minimum absolute atomic E-state index is 0.00746. The maximum absolute atomic E-state index is 14.8. The van der Waals surface area contributed by atoms with Crippen molar-refractivity contribution >= 4 is 47.0 Å². The number of carbonyl (C=O) groups is 3. The van der Waals surface area contributed by atoms with Crippen LogP contribution in [-0.2, 0) is 9.59 Å². The average molecular weight is 658 g/mol. The van der Waals surface area contributed by atoms with Gasteiger partial charge in [-0.25, -0.2) is 14.4 Å². The number of ether oxygens (including phenoxy) is 1. The Kier molecular flexibility index (Phi) is 9.94. The van der Waals surface area contributed by atoms with Crippen LogP contribution < -0.4 is 15.4 Å². The number of β-amino-alcohol motifs (C(OH)–C–C–N with tert-alkyl or cyclic N) is 1. The van der Waals surface area contributed by atoms with Gasteiger partial charge in [0.25, 0.3) is 12.4 Å². The summed E-state index contributed by atoms with van der Waals surface area (Å²) in [7, 11) is 1.26. The number of carbonyl (C=O) groups excluding carboxylic acids is 2. The lowest BCUT2D eigenvalue weighted by atomic mass is 10.1. The standard InChI is InChI=1S/C29H28ClF2N7O4.CH2O2/c1-43-23-5-4-19(24(31)25(23)32)22-15-35-27-26(33-6-7-39(22)27)36-16-2-3-18(20(30)12-16)28(41)37-8-10-38(11-9-37)29(42)21-13-17(40)14-34-21;2-1-3/h2-7,12,15,17,21,34,40H,8-11,13-14H2,1H3,(H,33,36);1H,(H,2,3)/t17-,21+;/m1./s1. The highest BCUT2D eigenvalue weighted by atomic mass is 35.5. The second-order valence-corrected chi connectivity index (χ2v) is 10.9. The molecule has 4 N–H and O–H groups in total. The van der Waals surface area contributed by atoms with E-state index in [1.54, 1.807) is 38.6 Å². The van der Waals surface area contributed by atoms with Crippen LogP contribution in [0.15, 0.2) is 48.9 Å². The number of nitrogens with zero attached hydrogens (tertiary/aromatic N) is 5. The number of aliphatic hydroxyl groups is 1. The summed E-state index contributed by atoms with van der Waals surface area (Å²) in [5, 5.41) is 23.0. The fourth-order valence-corrected chi connectivity index (χ4v) is 5.68. The van der Waals surface area contributed by atoms with Crippen LogP contribution >= 0.6 is 11.6 Å². The van der Waals surface area contributed by atoms with Gasteiger partial charge in [0.1, 0.15) is 0 Å². The van der Waals surface area contributed by atoms with Crippen LogP contribution in [0.1, 0.15) is 16.8 Å². The van der Waals surface area contributed by atoms with Crippen molar-refractivity contribution in [3.63, 3.8) is 0 Å². The number of imidazole rings is 1. The van der Waals surface area contributed by atoms with Crippen LogP contribution in [0.5, 0.6) is 5.75 Å². The number of halogens is 3. The molecule has 2 aromatic carbocycles. The quantitative estimate of drug-likeness (QED) is 0.227. The highest BCUT2D eigenvalue weighted by molar-refractivity contribution is 6.34. The molecule has 242 valence electrons. The van der Waals surface area contributed by atoms with Gasteiger partial charge in [-0.15, -0.1) is 0 Å². The van der Waals surface area contributed by atoms with E-state index < -0.39 is 23.8 Å². The van der Waals surface area contributed by atoms with Crippen molar-refractivity contribution in [1.82, 2.24) is 29.5 Å². The first kappa shape index (κ1) is 32.5. The van der Waals surface area contributed by atoms with Gasteiger partial charge in [-0.2, -0.15) is 4.39 Å². The third-order valence-corrected chi connectivity index (χ3v) is 8.03. The molecule has 2 fully saturated rings. The van der Waals surface area contributed by atoms with Gasteiger partial charge < -0.3 is 35.4 Å². The molecule has 4 aromatic rings. The molecular formula is C30H30ClF2N7O6. The van der Waals surface area contributed by atoms with Crippen LogP contribution in [0.25, 0.3) is 16.9 Å². The minimum atomic E-state index is -1.09. The van der Waals surface area contributed by atoms with E-state index in [2.05, 4.69) is 20.6 Å². The van der Waals surface area contributed by atoms with Gasteiger partial charge in [0.15, 0.2) is 23.0 Å². The number of nitrogens with one attached hydrogen (secondary N) is 2. The molecular weight excluding hydrogens is 628 g/mol. The molecule has 4 heterocycles. The predicted octanol–water partition coefficient (Wildman–Crippen LogP) is 2.79. The summed E-state index contributed by atoms with van der Waals surface area (Å²) >= 11 is 6.54. The van der Waals surface area contributed by atoms with Crippen LogP contribution in [0.4, 0.5) is 20.3 Å². The molecule has 2 amide bonds. The summed E-state index contributed by atoms with van der Waals surface area (Å²) in [5.41, 5.74) is 1.54. The molecule has 0 bridgehead atoms. The second kappa shape index (κ2) is 14.1. The van der Waals surface area contributed by atoms with Crippen molar-refractivity contribution in [3.05, 3.63) is 71.1 Å². The fraction of sp³-hybridized carbons (Fsp3) is 0.300. The van der Waals surface area contributed by atoms with Crippen LogP contribution in [0, 0.1) is 11.6 Å². The highest BCUT2D eigenvalue weighted by Crippen LogP contribution is 2.32. The van der Waals surface area contributed by atoms with Gasteiger partial charge in [0.2, 0.25) is 11.7 Å². The zero-order valence-electron chi connectivity index (χ0n) is 24.5. The maximum atomic E-state index is 14.8. The van der Waals surface area contributed by atoms with E-state index >= 15 is 0 Å². The van der Waals surface area contributed by atoms with E-state index in [0.717, 1.165) is 0 Å². The Balaban J connectivity index is 0.00000134. The zero-order valence-corrected chi connectivity index (χ0v) is 25.2. The molecule has 2 saturated heterocycles. The van der Waals surface area contributed by atoms with E-state index in [1.807, 2.05) is 0 Å². The molecule has 2 atom stereocenters. The summed E-state index contributed by atoms with van der Waals surface area (Å²) in [6.07, 6.45) is 4.36. The first-order valence-corrected chi connectivity index (χ1v) is 14.5. The third kappa shape index (κ3) is 6.56. The van der Waals surface area contributed by atoms with Crippen molar-refractivity contribution < 1.29 is 38.1 Å². The first-order chi connectivity index (χ1) is 22.2. The minimum Gasteiger partial charge on any atom is -0.494 e. The molecule has 2 aliphatic rings. The fourth-order valence-electron chi connectivity index (χ4n) is 5.42. The Morgan fingerprint density at radius 3 is 2.48 bits per heavy atom. The SMILES string of the molecule is COc1ccc(-c2cnc3c(Nc4ccc(C(=O)N5CCN(C(=O)[C@@H]6C[C@@H](O)CN6)CC5)c(Cl)c4)nccn23)c(F)c1F.O=CO. The molecule has 6 rings (SSSR count). The third-order valence-electron chi connectivity index (χ3n) is 7.72. The number of amides is 2. The van der Waals surface area contributed by atoms with Crippen molar-refractivity contribution in [1.29, 1.82) is 0 Å². The average Bonchev–Trinajstić information content (AvgIpc) is 3.69. The Morgan fingerprint density at radius 2 is 1.83 bits per heavy atom. The monoisotopic (exact) mass is 657 g/mol. The van der Waals surface area contributed by atoms with Gasteiger partial charge in [-0.1, -0.05) is 11.6 Å². The van der Waals surface area contributed by atoms with Crippen molar-refractivity contribution in [2.45, 2.75) is 18.6 Å². The smallest absolute Gasteiger partial charge is 0.290 e. The molecule has 46 heavy (non-hydrogen) atoms. The molecule has 0 saturated carbocycles. The molecule has 16 heteroatoms. The van der Waals surface area contributed by atoms with Crippen molar-refractivity contribution in [3.8, 4) is 17.0 Å². The number of fused-ring (bicyclic) bond motifs is 1. The Hall–Kier alpha value is -4.86. The van der Waals surface area contributed by atoms with Crippen LogP contribution in [0.3, 0.4) is 0 Å². The second-order valence-electron chi connectivity index (χ2n) is 10.4. The topological polar surface area (TPSA) is 162 Å². The molecule has 0 spiro atoms. The number of methoxy groups -OCH3 is 1. The van der Waals surface area contributed by atoms with Gasteiger partial charge in [0.05, 0.1) is 41.7 Å². The Morgan fingerprint density at radius 1 is 1.11 bits per heavy atom. The summed E-state index contributed by atoms with van der Waals surface area (Å²) in [5.74, 6) is -2.32. The van der Waals surface area contributed by atoms with Gasteiger partial charge in [-0.3, -0.25) is 18.8 Å². The normalized spacial score (nSPS) is 17.8. The van der Waals surface area contributed by atoms with Crippen molar-refractivity contribution in [2.75, 3.05) is 45.2 Å². The number of aromatic nitrogens is 3. The highest BCUT2D eigenvalue weighted by Gasteiger charge is 2.33.